The quantitative estimate of drug-likeness (QED) is 0.931. The Labute approximate surface area is 121 Å². The van der Waals surface area contributed by atoms with Gasteiger partial charge in [0.05, 0.1) is 13.0 Å². The molecule has 1 aromatic carbocycles. The van der Waals surface area contributed by atoms with E-state index >= 15 is 0 Å². The Bertz CT molecular complexity index is 635. The van der Waals surface area contributed by atoms with Crippen LogP contribution in [0, 0.1) is 5.92 Å². The van der Waals surface area contributed by atoms with Gasteiger partial charge in [0.15, 0.2) is 0 Å². The Hall–Kier alpha value is -2.37. The summed E-state index contributed by atoms with van der Waals surface area (Å²) in [6.07, 6.45) is 2.01. The zero-order chi connectivity index (χ0) is 14.8. The minimum atomic E-state index is -0.743. The molecule has 2 unspecified atom stereocenters. The molecule has 6 nitrogen and oxygen atoms in total. The molecule has 1 heterocycles. The van der Waals surface area contributed by atoms with Crippen LogP contribution < -0.4 is 4.74 Å². The van der Waals surface area contributed by atoms with Gasteiger partial charge in [-0.05, 0) is 43.5 Å². The highest BCUT2D eigenvalue weighted by molar-refractivity contribution is 5.70. The second-order valence-electron chi connectivity index (χ2n) is 5.23. The average molecular weight is 288 g/mol. The van der Waals surface area contributed by atoms with Crippen LogP contribution in [-0.4, -0.2) is 28.3 Å². The van der Waals surface area contributed by atoms with Gasteiger partial charge in [-0.25, -0.2) is 0 Å². The number of nitrogens with zero attached hydrogens (tertiary/aromatic N) is 2. The van der Waals surface area contributed by atoms with Crippen LogP contribution in [0.5, 0.6) is 5.75 Å². The van der Waals surface area contributed by atoms with Crippen molar-refractivity contribution in [1.82, 2.24) is 10.1 Å². The molecule has 1 aromatic heterocycles. The molecule has 0 aliphatic heterocycles. The number of hydrogen-bond acceptors (Lipinski definition) is 5. The zero-order valence-electron chi connectivity index (χ0n) is 11.7. The van der Waals surface area contributed by atoms with Gasteiger partial charge in [0.2, 0.25) is 11.7 Å². The number of benzene rings is 1. The van der Waals surface area contributed by atoms with Gasteiger partial charge < -0.3 is 14.4 Å². The number of rotatable bonds is 4. The van der Waals surface area contributed by atoms with Crippen molar-refractivity contribution in [3.05, 3.63) is 30.2 Å². The number of carbonyl (C=O) groups is 1. The lowest BCUT2D eigenvalue weighted by Crippen LogP contribution is -2.09. The number of hydrogen-bond donors (Lipinski definition) is 1. The van der Waals surface area contributed by atoms with Gasteiger partial charge in [0, 0.05) is 11.5 Å². The van der Waals surface area contributed by atoms with E-state index in [2.05, 4.69) is 10.1 Å². The molecule has 0 bridgehead atoms. The van der Waals surface area contributed by atoms with Crippen LogP contribution in [0.3, 0.4) is 0 Å². The maximum atomic E-state index is 11.0. The summed E-state index contributed by atoms with van der Waals surface area (Å²) in [5.74, 6) is 0.822. The monoisotopic (exact) mass is 288 g/mol. The molecule has 0 spiro atoms. The fourth-order valence-electron chi connectivity index (χ4n) is 2.69. The third kappa shape index (κ3) is 2.74. The lowest BCUT2D eigenvalue weighted by Gasteiger charge is -2.02. The molecular weight excluding hydrogens is 272 g/mol. The van der Waals surface area contributed by atoms with Crippen LogP contribution >= 0.6 is 0 Å². The summed E-state index contributed by atoms with van der Waals surface area (Å²) >= 11 is 0. The summed E-state index contributed by atoms with van der Waals surface area (Å²) in [5, 5.41) is 13.0. The molecule has 0 amide bonds. The van der Waals surface area contributed by atoms with E-state index in [1.807, 2.05) is 24.3 Å². The van der Waals surface area contributed by atoms with Gasteiger partial charge in [-0.3, -0.25) is 4.79 Å². The molecule has 6 heteroatoms. The van der Waals surface area contributed by atoms with Crippen LogP contribution in [0.25, 0.3) is 11.4 Å². The smallest absolute Gasteiger partial charge is 0.306 e. The predicted molar refractivity (Wildman–Crippen MR) is 74.0 cm³/mol. The van der Waals surface area contributed by atoms with Crippen molar-refractivity contribution in [3.63, 3.8) is 0 Å². The van der Waals surface area contributed by atoms with Crippen molar-refractivity contribution in [2.75, 3.05) is 7.11 Å². The van der Waals surface area contributed by atoms with Crippen molar-refractivity contribution in [2.24, 2.45) is 5.92 Å². The lowest BCUT2D eigenvalue weighted by atomic mass is 10.1. The van der Waals surface area contributed by atoms with Crippen LogP contribution in [0.1, 0.15) is 31.1 Å². The second-order valence-corrected chi connectivity index (χ2v) is 5.23. The van der Waals surface area contributed by atoms with Crippen molar-refractivity contribution in [2.45, 2.75) is 25.2 Å². The molecule has 1 aliphatic rings. The molecule has 2 aromatic rings. The number of aliphatic carboxylic acids is 1. The summed E-state index contributed by atoms with van der Waals surface area (Å²) in [6, 6.07) is 7.40. The van der Waals surface area contributed by atoms with E-state index in [0.717, 1.165) is 17.7 Å². The van der Waals surface area contributed by atoms with Crippen LogP contribution in [0.4, 0.5) is 0 Å². The van der Waals surface area contributed by atoms with Crippen molar-refractivity contribution in [1.29, 1.82) is 0 Å². The minimum absolute atomic E-state index is 0.0469. The predicted octanol–water partition coefficient (Wildman–Crippen LogP) is 2.71. The van der Waals surface area contributed by atoms with E-state index in [1.165, 1.54) is 0 Å². The maximum absolute atomic E-state index is 11.0. The second kappa shape index (κ2) is 5.55. The molecule has 0 saturated heterocycles. The van der Waals surface area contributed by atoms with Crippen LogP contribution in [0.2, 0.25) is 0 Å². The molecule has 21 heavy (non-hydrogen) atoms. The third-order valence-electron chi connectivity index (χ3n) is 3.92. The van der Waals surface area contributed by atoms with E-state index in [0.29, 0.717) is 24.6 Å². The van der Waals surface area contributed by atoms with E-state index in [9.17, 15) is 4.79 Å². The largest absolute Gasteiger partial charge is 0.497 e. The Kier molecular flexibility index (Phi) is 3.60. The number of aromatic nitrogens is 2. The van der Waals surface area contributed by atoms with E-state index < -0.39 is 5.97 Å². The van der Waals surface area contributed by atoms with E-state index in [-0.39, 0.29) is 11.8 Å². The topological polar surface area (TPSA) is 85.5 Å². The molecule has 110 valence electrons. The average Bonchev–Trinajstić information content (AvgIpc) is 3.16. The summed E-state index contributed by atoms with van der Waals surface area (Å²) in [5.41, 5.74) is 0.846. The molecule has 3 rings (SSSR count). The third-order valence-corrected chi connectivity index (χ3v) is 3.92. The molecule has 1 fully saturated rings. The standard InChI is InChI=1S/C15H16N2O4/c1-20-12-6-4-9(5-7-12)13-16-14(21-17-13)10-2-3-11(8-10)15(18)19/h4-7,10-11H,2-3,8H2,1H3,(H,18,19). The Balaban J connectivity index is 1.75. The lowest BCUT2D eigenvalue weighted by molar-refractivity contribution is -0.141. The number of ether oxygens (including phenoxy) is 1. The molecule has 1 N–H and O–H groups in total. The van der Waals surface area contributed by atoms with Crippen molar-refractivity contribution in [3.8, 4) is 17.1 Å². The molecule has 2 atom stereocenters. The van der Waals surface area contributed by atoms with E-state index in [4.69, 9.17) is 14.4 Å². The summed E-state index contributed by atoms with van der Waals surface area (Å²) in [6.45, 7) is 0. The zero-order valence-corrected chi connectivity index (χ0v) is 11.7. The van der Waals surface area contributed by atoms with Gasteiger partial charge in [-0.2, -0.15) is 4.98 Å². The summed E-state index contributed by atoms with van der Waals surface area (Å²) < 4.78 is 10.4. The highest BCUT2D eigenvalue weighted by Crippen LogP contribution is 2.38. The van der Waals surface area contributed by atoms with Crippen LogP contribution in [0.15, 0.2) is 28.8 Å². The van der Waals surface area contributed by atoms with E-state index in [1.54, 1.807) is 7.11 Å². The van der Waals surface area contributed by atoms with Gasteiger partial charge in [-0.1, -0.05) is 5.16 Å². The minimum Gasteiger partial charge on any atom is -0.497 e. The molecule has 1 saturated carbocycles. The van der Waals surface area contributed by atoms with Gasteiger partial charge >= 0.3 is 5.97 Å². The maximum Gasteiger partial charge on any atom is 0.306 e. The normalized spacial score (nSPS) is 21.4. The Morgan fingerprint density at radius 2 is 2.10 bits per heavy atom. The van der Waals surface area contributed by atoms with Gasteiger partial charge in [0.1, 0.15) is 5.75 Å². The van der Waals surface area contributed by atoms with Crippen molar-refractivity contribution >= 4 is 5.97 Å². The SMILES string of the molecule is COc1ccc(-c2noc(C3CCC(C(=O)O)C3)n2)cc1. The van der Waals surface area contributed by atoms with Crippen molar-refractivity contribution < 1.29 is 19.2 Å². The fraction of sp³-hybridized carbons (Fsp3) is 0.400. The summed E-state index contributed by atoms with van der Waals surface area (Å²) in [7, 11) is 1.61. The first-order chi connectivity index (χ1) is 10.2. The number of carboxylic acid groups (broad SMARTS) is 1. The first-order valence-corrected chi connectivity index (χ1v) is 6.88. The Morgan fingerprint density at radius 3 is 2.71 bits per heavy atom. The number of carboxylic acids is 1. The molecular formula is C15H16N2O4. The highest BCUT2D eigenvalue weighted by atomic mass is 16.5. The first-order valence-electron chi connectivity index (χ1n) is 6.88. The van der Waals surface area contributed by atoms with Gasteiger partial charge in [-0.15, -0.1) is 0 Å². The van der Waals surface area contributed by atoms with Gasteiger partial charge in [0.25, 0.3) is 0 Å². The highest BCUT2D eigenvalue weighted by Gasteiger charge is 2.33. The summed E-state index contributed by atoms with van der Waals surface area (Å²) in [4.78, 5) is 15.4. The number of methoxy groups -OCH3 is 1. The molecule has 0 radical (unpaired) electrons. The first kappa shape index (κ1) is 13.6. The Morgan fingerprint density at radius 1 is 1.33 bits per heavy atom. The molecule has 1 aliphatic carbocycles. The fourth-order valence-corrected chi connectivity index (χ4v) is 2.69. The van der Waals surface area contributed by atoms with Crippen LogP contribution in [-0.2, 0) is 4.79 Å².